The molecular formula is C14H21Cl. The Hall–Kier alpha value is -0.490. The van der Waals surface area contributed by atoms with Crippen LogP contribution in [0, 0.1) is 0 Å². The molecule has 0 saturated heterocycles. The lowest BCUT2D eigenvalue weighted by atomic mass is 9.94. The van der Waals surface area contributed by atoms with Crippen molar-refractivity contribution in [2.45, 2.75) is 52.4 Å². The van der Waals surface area contributed by atoms with Crippen molar-refractivity contribution in [3.63, 3.8) is 0 Å². The Morgan fingerprint density at radius 2 is 1.93 bits per heavy atom. The van der Waals surface area contributed by atoms with Crippen molar-refractivity contribution < 1.29 is 0 Å². The number of hydrogen-bond donors (Lipinski definition) is 0. The largest absolute Gasteiger partial charge is 0.0840 e. The molecule has 84 valence electrons. The molecule has 0 unspecified atom stereocenters. The highest BCUT2D eigenvalue weighted by atomic mass is 35.5. The molecule has 0 aromatic heterocycles. The van der Waals surface area contributed by atoms with Gasteiger partial charge in [-0.3, -0.25) is 0 Å². The predicted molar refractivity (Wildman–Crippen MR) is 68.8 cm³/mol. The van der Waals surface area contributed by atoms with E-state index in [1.165, 1.54) is 30.4 Å². The van der Waals surface area contributed by atoms with Crippen LogP contribution < -0.4 is 0 Å². The molecule has 0 aliphatic carbocycles. The van der Waals surface area contributed by atoms with E-state index in [9.17, 15) is 0 Å². The Labute approximate surface area is 98.7 Å². The average molecular weight is 225 g/mol. The van der Waals surface area contributed by atoms with Gasteiger partial charge in [-0.05, 0) is 36.0 Å². The van der Waals surface area contributed by atoms with Crippen molar-refractivity contribution in [3.05, 3.63) is 34.3 Å². The molecule has 0 spiro atoms. The van der Waals surface area contributed by atoms with E-state index in [2.05, 4.69) is 32.9 Å². The molecule has 0 amide bonds. The van der Waals surface area contributed by atoms with Crippen LogP contribution in [-0.4, -0.2) is 0 Å². The first-order chi connectivity index (χ1) is 7.16. The highest BCUT2D eigenvalue weighted by molar-refractivity contribution is 6.31. The molecule has 1 rings (SSSR count). The number of hydrogen-bond acceptors (Lipinski definition) is 0. The maximum Gasteiger partial charge on any atom is 0.0440 e. The molecule has 0 aliphatic rings. The number of rotatable bonds is 5. The second kappa shape index (κ2) is 6.17. The molecule has 1 heteroatoms. The van der Waals surface area contributed by atoms with Crippen molar-refractivity contribution in [2.75, 3.05) is 0 Å². The summed E-state index contributed by atoms with van der Waals surface area (Å²) in [4.78, 5) is 0. The summed E-state index contributed by atoms with van der Waals surface area (Å²) in [5, 5.41) is 0.942. The molecule has 0 atom stereocenters. The molecular weight excluding hydrogens is 204 g/mol. The van der Waals surface area contributed by atoms with Crippen LogP contribution in [-0.2, 0) is 6.42 Å². The lowest BCUT2D eigenvalue weighted by Crippen LogP contribution is -1.97. The summed E-state index contributed by atoms with van der Waals surface area (Å²) >= 11 is 6.25. The minimum absolute atomic E-state index is 0.570. The van der Waals surface area contributed by atoms with E-state index in [0.717, 1.165) is 11.4 Å². The standard InChI is InChI=1S/C14H21Cl/c1-4-5-6-8-13-12(11(2)3)9-7-10-14(13)15/h7,9-11H,4-6,8H2,1-3H3. The summed E-state index contributed by atoms with van der Waals surface area (Å²) in [5.41, 5.74) is 2.78. The Balaban J connectivity index is 2.82. The van der Waals surface area contributed by atoms with Crippen LogP contribution in [0.2, 0.25) is 5.02 Å². The van der Waals surface area contributed by atoms with Crippen LogP contribution in [0.15, 0.2) is 18.2 Å². The van der Waals surface area contributed by atoms with E-state index >= 15 is 0 Å². The fraction of sp³-hybridized carbons (Fsp3) is 0.571. The Bertz CT molecular complexity index is 302. The van der Waals surface area contributed by atoms with E-state index in [-0.39, 0.29) is 0 Å². The molecule has 0 heterocycles. The van der Waals surface area contributed by atoms with Gasteiger partial charge >= 0.3 is 0 Å². The minimum Gasteiger partial charge on any atom is -0.0840 e. The van der Waals surface area contributed by atoms with Crippen molar-refractivity contribution in [1.29, 1.82) is 0 Å². The van der Waals surface area contributed by atoms with Gasteiger partial charge in [-0.25, -0.2) is 0 Å². The molecule has 1 aromatic carbocycles. The molecule has 0 N–H and O–H groups in total. The zero-order valence-corrected chi connectivity index (χ0v) is 10.8. The zero-order valence-electron chi connectivity index (χ0n) is 10.0. The van der Waals surface area contributed by atoms with E-state index in [1.54, 1.807) is 0 Å². The van der Waals surface area contributed by atoms with Gasteiger partial charge < -0.3 is 0 Å². The smallest absolute Gasteiger partial charge is 0.0440 e. The Morgan fingerprint density at radius 3 is 2.53 bits per heavy atom. The van der Waals surface area contributed by atoms with E-state index < -0.39 is 0 Å². The Kier molecular flexibility index (Phi) is 5.17. The summed E-state index contributed by atoms with van der Waals surface area (Å²) in [6.45, 7) is 6.69. The van der Waals surface area contributed by atoms with Gasteiger partial charge in [0.15, 0.2) is 0 Å². The second-order valence-electron chi connectivity index (χ2n) is 4.42. The van der Waals surface area contributed by atoms with E-state index in [4.69, 9.17) is 11.6 Å². The van der Waals surface area contributed by atoms with Gasteiger partial charge in [0.1, 0.15) is 0 Å². The van der Waals surface area contributed by atoms with Crippen molar-refractivity contribution in [1.82, 2.24) is 0 Å². The number of benzene rings is 1. The van der Waals surface area contributed by atoms with Crippen LogP contribution in [0.4, 0.5) is 0 Å². The van der Waals surface area contributed by atoms with E-state index in [0.29, 0.717) is 5.92 Å². The summed E-state index contributed by atoms with van der Waals surface area (Å²) in [5.74, 6) is 0.570. The molecule has 0 fully saturated rings. The van der Waals surface area contributed by atoms with Crippen molar-refractivity contribution in [3.8, 4) is 0 Å². The molecule has 0 bridgehead atoms. The van der Waals surface area contributed by atoms with Crippen LogP contribution in [0.5, 0.6) is 0 Å². The average Bonchev–Trinajstić information content (AvgIpc) is 2.20. The van der Waals surface area contributed by atoms with Gasteiger partial charge in [0.05, 0.1) is 0 Å². The third kappa shape index (κ3) is 3.53. The normalized spacial score (nSPS) is 11.0. The first-order valence-electron chi connectivity index (χ1n) is 5.94. The van der Waals surface area contributed by atoms with E-state index in [1.807, 2.05) is 6.07 Å². The van der Waals surface area contributed by atoms with Crippen molar-refractivity contribution >= 4 is 11.6 Å². The highest BCUT2D eigenvalue weighted by Crippen LogP contribution is 2.27. The fourth-order valence-electron chi connectivity index (χ4n) is 1.93. The topological polar surface area (TPSA) is 0 Å². The maximum atomic E-state index is 6.25. The van der Waals surface area contributed by atoms with Gasteiger partial charge in [-0.15, -0.1) is 0 Å². The molecule has 0 saturated carbocycles. The molecule has 0 radical (unpaired) electrons. The minimum atomic E-state index is 0.570. The number of halogens is 1. The summed E-state index contributed by atoms with van der Waals surface area (Å²) in [6.07, 6.45) is 4.94. The first-order valence-corrected chi connectivity index (χ1v) is 6.31. The molecule has 15 heavy (non-hydrogen) atoms. The zero-order chi connectivity index (χ0) is 11.3. The molecule has 1 aromatic rings. The molecule has 0 nitrogen and oxygen atoms in total. The third-order valence-corrected chi connectivity index (χ3v) is 3.16. The van der Waals surface area contributed by atoms with Gasteiger partial charge in [-0.1, -0.05) is 57.3 Å². The summed E-state index contributed by atoms with van der Waals surface area (Å²) in [6, 6.07) is 6.27. The third-order valence-electron chi connectivity index (χ3n) is 2.81. The summed E-state index contributed by atoms with van der Waals surface area (Å²) < 4.78 is 0. The Morgan fingerprint density at radius 1 is 1.20 bits per heavy atom. The van der Waals surface area contributed by atoms with Crippen LogP contribution in [0.3, 0.4) is 0 Å². The maximum absolute atomic E-state index is 6.25. The quantitative estimate of drug-likeness (QED) is 0.604. The van der Waals surface area contributed by atoms with Gasteiger partial charge in [0.25, 0.3) is 0 Å². The van der Waals surface area contributed by atoms with Gasteiger partial charge in [0.2, 0.25) is 0 Å². The van der Waals surface area contributed by atoms with Gasteiger partial charge in [0, 0.05) is 5.02 Å². The van der Waals surface area contributed by atoms with Crippen LogP contribution in [0.25, 0.3) is 0 Å². The lowest BCUT2D eigenvalue weighted by molar-refractivity contribution is 0.707. The first kappa shape index (κ1) is 12.6. The second-order valence-corrected chi connectivity index (χ2v) is 4.83. The summed E-state index contributed by atoms with van der Waals surface area (Å²) in [7, 11) is 0. The van der Waals surface area contributed by atoms with Crippen molar-refractivity contribution in [2.24, 2.45) is 0 Å². The highest BCUT2D eigenvalue weighted by Gasteiger charge is 2.09. The van der Waals surface area contributed by atoms with Crippen LogP contribution in [0.1, 0.15) is 57.1 Å². The fourth-order valence-corrected chi connectivity index (χ4v) is 2.21. The van der Waals surface area contributed by atoms with Gasteiger partial charge in [-0.2, -0.15) is 0 Å². The van der Waals surface area contributed by atoms with Crippen LogP contribution >= 0.6 is 11.6 Å². The monoisotopic (exact) mass is 224 g/mol. The predicted octanol–water partition coefficient (Wildman–Crippen LogP) is 5.20. The SMILES string of the molecule is CCCCCc1c(Cl)cccc1C(C)C. The number of unbranched alkanes of at least 4 members (excludes halogenated alkanes) is 2. The molecule has 0 aliphatic heterocycles. The lowest BCUT2D eigenvalue weighted by Gasteiger charge is -2.14.